The molecule has 4 rings (SSSR count). The molecule has 3 aromatic rings. The zero-order valence-electron chi connectivity index (χ0n) is 16.6. The van der Waals surface area contributed by atoms with Crippen LogP contribution in [0.4, 0.5) is 20.2 Å². The van der Waals surface area contributed by atoms with Crippen molar-refractivity contribution in [2.24, 2.45) is 0 Å². The first-order valence-electron chi connectivity index (χ1n) is 9.86. The number of carbonyl (C=O) groups is 2. The highest BCUT2D eigenvalue weighted by atomic mass is 19.1. The van der Waals surface area contributed by atoms with E-state index in [1.54, 1.807) is 24.3 Å². The van der Waals surface area contributed by atoms with Crippen LogP contribution in [0.3, 0.4) is 0 Å². The van der Waals surface area contributed by atoms with Gasteiger partial charge in [0, 0.05) is 29.9 Å². The standard InChI is InChI=1S/C24H20F2N2O3/c25-17-7-5-16(6-8-17)23(29)19-3-1-2-4-20(19)24(30)27-18-9-10-22(21(26)15-18)28-11-13-31-14-12-28/h1-10,15H,11-14H2,(H,27,30). The largest absolute Gasteiger partial charge is 0.378 e. The lowest BCUT2D eigenvalue weighted by Gasteiger charge is -2.29. The van der Waals surface area contributed by atoms with Crippen LogP contribution in [0, 0.1) is 11.6 Å². The molecule has 0 aromatic heterocycles. The molecule has 7 heteroatoms. The molecule has 0 aliphatic carbocycles. The van der Waals surface area contributed by atoms with Gasteiger partial charge in [0.15, 0.2) is 5.78 Å². The fraction of sp³-hybridized carbons (Fsp3) is 0.167. The molecule has 1 saturated heterocycles. The molecule has 0 saturated carbocycles. The van der Waals surface area contributed by atoms with Gasteiger partial charge in [-0.25, -0.2) is 8.78 Å². The summed E-state index contributed by atoms with van der Waals surface area (Å²) < 4.78 is 33.1. The Kier molecular flexibility index (Phi) is 6.04. The van der Waals surface area contributed by atoms with Crippen molar-refractivity contribution in [1.82, 2.24) is 0 Å². The van der Waals surface area contributed by atoms with Gasteiger partial charge in [-0.2, -0.15) is 0 Å². The molecular formula is C24H20F2N2O3. The number of hydrogen-bond acceptors (Lipinski definition) is 4. The summed E-state index contributed by atoms with van der Waals surface area (Å²) in [5, 5.41) is 2.65. The van der Waals surface area contributed by atoms with E-state index < -0.39 is 23.3 Å². The summed E-state index contributed by atoms with van der Waals surface area (Å²) in [6.45, 7) is 2.27. The van der Waals surface area contributed by atoms with Crippen molar-refractivity contribution in [3.63, 3.8) is 0 Å². The van der Waals surface area contributed by atoms with E-state index in [1.165, 1.54) is 42.5 Å². The molecular weight excluding hydrogens is 402 g/mol. The summed E-state index contributed by atoms with van der Waals surface area (Å²) in [6.07, 6.45) is 0. The van der Waals surface area contributed by atoms with Gasteiger partial charge in [0.25, 0.3) is 5.91 Å². The number of nitrogens with zero attached hydrogens (tertiary/aromatic N) is 1. The summed E-state index contributed by atoms with van der Waals surface area (Å²) in [6, 6.07) is 15.9. The normalized spacial score (nSPS) is 13.7. The molecule has 31 heavy (non-hydrogen) atoms. The first kappa shape index (κ1) is 20.7. The minimum absolute atomic E-state index is 0.148. The second-order valence-corrected chi connectivity index (χ2v) is 7.10. The van der Waals surface area contributed by atoms with Crippen LogP contribution in [-0.2, 0) is 4.74 Å². The van der Waals surface area contributed by atoms with Gasteiger partial charge >= 0.3 is 0 Å². The number of ether oxygens (including phenoxy) is 1. The van der Waals surface area contributed by atoms with Gasteiger partial charge in [-0.05, 0) is 48.5 Å². The van der Waals surface area contributed by atoms with Crippen molar-refractivity contribution in [2.45, 2.75) is 0 Å². The summed E-state index contributed by atoms with van der Waals surface area (Å²) in [5.41, 5.74) is 1.32. The van der Waals surface area contributed by atoms with E-state index in [9.17, 15) is 18.4 Å². The van der Waals surface area contributed by atoms with E-state index in [0.717, 1.165) is 0 Å². The number of anilines is 2. The lowest BCUT2D eigenvalue weighted by molar-refractivity contribution is 0.0996. The lowest BCUT2D eigenvalue weighted by Crippen LogP contribution is -2.36. The zero-order valence-corrected chi connectivity index (χ0v) is 16.6. The van der Waals surface area contributed by atoms with Crippen molar-refractivity contribution < 1.29 is 23.1 Å². The van der Waals surface area contributed by atoms with Gasteiger partial charge in [-0.1, -0.05) is 18.2 Å². The molecule has 1 heterocycles. The molecule has 1 N–H and O–H groups in total. The molecule has 0 atom stereocenters. The van der Waals surface area contributed by atoms with Crippen LogP contribution in [0.2, 0.25) is 0 Å². The number of halogens is 2. The van der Waals surface area contributed by atoms with Crippen molar-refractivity contribution in [3.05, 3.63) is 95.1 Å². The fourth-order valence-corrected chi connectivity index (χ4v) is 3.48. The van der Waals surface area contributed by atoms with Crippen LogP contribution in [0.5, 0.6) is 0 Å². The maximum Gasteiger partial charge on any atom is 0.256 e. The van der Waals surface area contributed by atoms with Crippen LogP contribution < -0.4 is 10.2 Å². The Morgan fingerprint density at radius 1 is 0.871 bits per heavy atom. The Labute approximate surface area is 178 Å². The number of ketones is 1. The van der Waals surface area contributed by atoms with Gasteiger partial charge < -0.3 is 15.0 Å². The van der Waals surface area contributed by atoms with Crippen molar-refractivity contribution in [2.75, 3.05) is 36.5 Å². The van der Waals surface area contributed by atoms with Crippen molar-refractivity contribution in [1.29, 1.82) is 0 Å². The van der Waals surface area contributed by atoms with E-state index in [4.69, 9.17) is 4.74 Å². The quantitative estimate of drug-likeness (QED) is 0.624. The second kappa shape index (κ2) is 9.06. The predicted octanol–water partition coefficient (Wildman–Crippen LogP) is 4.28. The molecule has 0 bridgehead atoms. The number of carbonyl (C=O) groups excluding carboxylic acids is 2. The van der Waals surface area contributed by atoms with E-state index in [0.29, 0.717) is 32.0 Å². The molecule has 0 radical (unpaired) electrons. The highest BCUT2D eigenvalue weighted by Gasteiger charge is 2.20. The minimum atomic E-state index is -0.537. The summed E-state index contributed by atoms with van der Waals surface area (Å²) >= 11 is 0. The van der Waals surface area contributed by atoms with Crippen LogP contribution >= 0.6 is 0 Å². The Hall–Kier alpha value is -3.58. The number of benzene rings is 3. The van der Waals surface area contributed by atoms with Crippen LogP contribution in [-0.4, -0.2) is 38.0 Å². The van der Waals surface area contributed by atoms with Crippen molar-refractivity contribution >= 4 is 23.1 Å². The fourth-order valence-electron chi connectivity index (χ4n) is 3.48. The molecule has 1 aliphatic heterocycles. The number of hydrogen-bond donors (Lipinski definition) is 1. The Balaban J connectivity index is 1.55. The van der Waals surface area contributed by atoms with Crippen LogP contribution in [0.1, 0.15) is 26.3 Å². The smallest absolute Gasteiger partial charge is 0.256 e. The van der Waals surface area contributed by atoms with E-state index in [-0.39, 0.29) is 22.4 Å². The highest BCUT2D eigenvalue weighted by molar-refractivity contribution is 6.17. The molecule has 5 nitrogen and oxygen atoms in total. The average Bonchev–Trinajstić information content (AvgIpc) is 2.80. The molecule has 0 spiro atoms. The Morgan fingerprint density at radius 2 is 1.55 bits per heavy atom. The monoisotopic (exact) mass is 422 g/mol. The number of rotatable bonds is 5. The highest BCUT2D eigenvalue weighted by Crippen LogP contribution is 2.24. The van der Waals surface area contributed by atoms with Gasteiger partial charge in [0.2, 0.25) is 0 Å². The third-order valence-electron chi connectivity index (χ3n) is 5.08. The Bertz CT molecular complexity index is 1110. The second-order valence-electron chi connectivity index (χ2n) is 7.10. The van der Waals surface area contributed by atoms with Gasteiger partial charge in [0.1, 0.15) is 11.6 Å². The van der Waals surface area contributed by atoms with Gasteiger partial charge in [0.05, 0.1) is 24.5 Å². The zero-order chi connectivity index (χ0) is 21.8. The maximum absolute atomic E-state index is 14.6. The third-order valence-corrected chi connectivity index (χ3v) is 5.08. The molecule has 1 fully saturated rings. The number of morpholine rings is 1. The molecule has 0 unspecified atom stereocenters. The summed E-state index contributed by atoms with van der Waals surface area (Å²) in [5.74, 6) is -1.84. The van der Waals surface area contributed by atoms with Gasteiger partial charge in [-0.3, -0.25) is 9.59 Å². The average molecular weight is 422 g/mol. The van der Waals surface area contributed by atoms with E-state index >= 15 is 0 Å². The molecule has 1 aliphatic rings. The SMILES string of the molecule is O=C(Nc1ccc(N2CCOCC2)c(F)c1)c1ccccc1C(=O)c1ccc(F)cc1. The lowest BCUT2D eigenvalue weighted by atomic mass is 9.98. The maximum atomic E-state index is 14.6. The third kappa shape index (κ3) is 4.62. The molecule has 1 amide bonds. The Morgan fingerprint density at radius 3 is 2.23 bits per heavy atom. The predicted molar refractivity (Wildman–Crippen MR) is 114 cm³/mol. The number of amides is 1. The number of nitrogens with one attached hydrogen (secondary N) is 1. The summed E-state index contributed by atoms with van der Waals surface area (Å²) in [4.78, 5) is 27.6. The van der Waals surface area contributed by atoms with E-state index in [1.807, 2.05) is 4.90 Å². The van der Waals surface area contributed by atoms with Gasteiger partial charge in [-0.15, -0.1) is 0 Å². The topological polar surface area (TPSA) is 58.6 Å². The first-order valence-corrected chi connectivity index (χ1v) is 9.86. The van der Waals surface area contributed by atoms with E-state index in [2.05, 4.69) is 5.32 Å². The first-order chi connectivity index (χ1) is 15.0. The van der Waals surface area contributed by atoms with Crippen molar-refractivity contribution in [3.8, 4) is 0 Å². The van der Waals surface area contributed by atoms with Crippen LogP contribution in [0.25, 0.3) is 0 Å². The molecule has 3 aromatic carbocycles. The molecule has 158 valence electrons. The minimum Gasteiger partial charge on any atom is -0.378 e. The summed E-state index contributed by atoms with van der Waals surface area (Å²) in [7, 11) is 0. The van der Waals surface area contributed by atoms with Crippen LogP contribution in [0.15, 0.2) is 66.7 Å².